The largest absolute Gasteiger partial charge is 0.478 e. The van der Waals surface area contributed by atoms with Crippen molar-refractivity contribution in [2.45, 2.75) is 44.3 Å². The van der Waals surface area contributed by atoms with Crippen molar-refractivity contribution in [3.63, 3.8) is 0 Å². The molecule has 2 unspecified atom stereocenters. The van der Waals surface area contributed by atoms with Crippen molar-refractivity contribution in [2.75, 3.05) is 13.1 Å². The first kappa shape index (κ1) is 14.5. The number of fused-ring (bicyclic) bond motifs is 1. The van der Waals surface area contributed by atoms with Crippen LogP contribution in [0.2, 0.25) is 0 Å². The molecule has 2 N–H and O–H groups in total. The number of nitrogens with zero attached hydrogens (tertiary/aromatic N) is 1. The van der Waals surface area contributed by atoms with Gasteiger partial charge in [-0.15, -0.1) is 0 Å². The van der Waals surface area contributed by atoms with E-state index in [9.17, 15) is 9.18 Å². The molecule has 2 atom stereocenters. The third-order valence-electron chi connectivity index (χ3n) is 4.70. The molecular weight excluding hydrogens is 271 g/mol. The molecule has 3 rings (SSSR count). The zero-order valence-corrected chi connectivity index (χ0v) is 12.0. The third-order valence-corrected chi connectivity index (χ3v) is 4.70. The molecule has 21 heavy (non-hydrogen) atoms. The number of benzene rings is 1. The SMILES string of the molecule is O=C(O)c1ccc(F)c(CNC2CCN3CCCCC23)c1. The molecule has 0 saturated carbocycles. The Morgan fingerprint density at radius 2 is 2.19 bits per heavy atom. The van der Waals surface area contributed by atoms with Crippen molar-refractivity contribution < 1.29 is 14.3 Å². The van der Waals surface area contributed by atoms with Gasteiger partial charge in [-0.1, -0.05) is 6.42 Å². The Hall–Kier alpha value is -1.46. The maximum Gasteiger partial charge on any atom is 0.335 e. The van der Waals surface area contributed by atoms with Crippen LogP contribution < -0.4 is 5.32 Å². The lowest BCUT2D eigenvalue weighted by atomic mass is 9.99. The molecule has 5 heteroatoms. The summed E-state index contributed by atoms with van der Waals surface area (Å²) in [6.45, 7) is 2.67. The summed E-state index contributed by atoms with van der Waals surface area (Å²) in [4.78, 5) is 13.5. The summed E-state index contributed by atoms with van der Waals surface area (Å²) in [6, 6.07) is 4.92. The molecule has 2 aliphatic rings. The molecule has 0 bridgehead atoms. The Labute approximate surface area is 124 Å². The third kappa shape index (κ3) is 3.09. The van der Waals surface area contributed by atoms with E-state index in [0.717, 1.165) is 13.0 Å². The molecule has 4 nitrogen and oxygen atoms in total. The van der Waals surface area contributed by atoms with Crippen molar-refractivity contribution in [3.05, 3.63) is 35.1 Å². The van der Waals surface area contributed by atoms with E-state index >= 15 is 0 Å². The molecule has 0 spiro atoms. The molecule has 0 radical (unpaired) electrons. The summed E-state index contributed by atoms with van der Waals surface area (Å²) in [5.74, 6) is -1.36. The second kappa shape index (κ2) is 6.12. The van der Waals surface area contributed by atoms with E-state index in [-0.39, 0.29) is 11.4 Å². The van der Waals surface area contributed by atoms with Crippen LogP contribution in [0, 0.1) is 5.82 Å². The van der Waals surface area contributed by atoms with Gasteiger partial charge in [-0.3, -0.25) is 4.90 Å². The van der Waals surface area contributed by atoms with Crippen LogP contribution in [-0.2, 0) is 6.54 Å². The summed E-state index contributed by atoms with van der Waals surface area (Å²) in [5, 5.41) is 12.4. The Morgan fingerprint density at radius 1 is 1.33 bits per heavy atom. The highest BCUT2D eigenvalue weighted by atomic mass is 19.1. The van der Waals surface area contributed by atoms with Crippen LogP contribution in [0.25, 0.3) is 0 Å². The smallest absolute Gasteiger partial charge is 0.335 e. The maximum atomic E-state index is 13.8. The first-order valence-corrected chi connectivity index (χ1v) is 7.64. The Balaban J connectivity index is 1.65. The quantitative estimate of drug-likeness (QED) is 0.893. The average molecular weight is 292 g/mol. The van der Waals surface area contributed by atoms with Gasteiger partial charge < -0.3 is 10.4 Å². The normalized spacial score (nSPS) is 25.8. The van der Waals surface area contributed by atoms with Crippen molar-refractivity contribution in [1.29, 1.82) is 0 Å². The number of carboxylic acid groups (broad SMARTS) is 1. The lowest BCUT2D eigenvalue weighted by Crippen LogP contribution is -2.44. The number of aromatic carboxylic acids is 1. The number of hydrogen-bond donors (Lipinski definition) is 2. The van der Waals surface area contributed by atoms with E-state index in [4.69, 9.17) is 5.11 Å². The van der Waals surface area contributed by atoms with E-state index in [2.05, 4.69) is 10.2 Å². The van der Waals surface area contributed by atoms with Crippen LogP contribution in [0.4, 0.5) is 4.39 Å². The minimum atomic E-state index is -1.02. The van der Waals surface area contributed by atoms with E-state index in [1.807, 2.05) is 0 Å². The van der Waals surface area contributed by atoms with Crippen LogP contribution >= 0.6 is 0 Å². The maximum absolute atomic E-state index is 13.8. The van der Waals surface area contributed by atoms with Crippen LogP contribution in [0.1, 0.15) is 41.6 Å². The highest BCUT2D eigenvalue weighted by Crippen LogP contribution is 2.27. The minimum Gasteiger partial charge on any atom is -0.478 e. The predicted octanol–water partition coefficient (Wildman–Crippen LogP) is 2.24. The Kier molecular flexibility index (Phi) is 4.22. The first-order chi connectivity index (χ1) is 10.1. The predicted molar refractivity (Wildman–Crippen MR) is 77.8 cm³/mol. The number of nitrogens with one attached hydrogen (secondary N) is 1. The van der Waals surface area contributed by atoms with E-state index < -0.39 is 5.97 Å². The van der Waals surface area contributed by atoms with Crippen molar-refractivity contribution in [1.82, 2.24) is 10.2 Å². The molecular formula is C16H21FN2O2. The molecule has 0 amide bonds. The van der Waals surface area contributed by atoms with Gasteiger partial charge in [0.1, 0.15) is 5.82 Å². The fraction of sp³-hybridized carbons (Fsp3) is 0.562. The fourth-order valence-electron chi connectivity index (χ4n) is 3.57. The number of piperidine rings is 1. The fourth-order valence-corrected chi connectivity index (χ4v) is 3.57. The van der Waals surface area contributed by atoms with Gasteiger partial charge in [-0.25, -0.2) is 9.18 Å². The van der Waals surface area contributed by atoms with Gasteiger partial charge in [0.2, 0.25) is 0 Å². The van der Waals surface area contributed by atoms with Crippen LogP contribution in [0.3, 0.4) is 0 Å². The first-order valence-electron chi connectivity index (χ1n) is 7.64. The highest BCUT2D eigenvalue weighted by molar-refractivity contribution is 5.87. The Bertz CT molecular complexity index is 535. The second-order valence-electron chi connectivity index (χ2n) is 5.99. The number of hydrogen-bond acceptors (Lipinski definition) is 3. The summed E-state index contributed by atoms with van der Waals surface area (Å²) >= 11 is 0. The van der Waals surface area contributed by atoms with Gasteiger partial charge in [0.05, 0.1) is 5.56 Å². The summed E-state index contributed by atoms with van der Waals surface area (Å²) < 4.78 is 13.8. The molecule has 114 valence electrons. The Morgan fingerprint density at radius 3 is 3.00 bits per heavy atom. The molecule has 2 fully saturated rings. The van der Waals surface area contributed by atoms with Crippen LogP contribution in [0.15, 0.2) is 18.2 Å². The number of rotatable bonds is 4. The zero-order chi connectivity index (χ0) is 14.8. The minimum absolute atomic E-state index is 0.138. The molecule has 1 aromatic carbocycles. The van der Waals surface area contributed by atoms with E-state index in [1.165, 1.54) is 44.0 Å². The number of halogens is 1. The van der Waals surface area contributed by atoms with Gasteiger partial charge >= 0.3 is 5.97 Å². The summed E-state index contributed by atoms with van der Waals surface area (Å²) in [5.41, 5.74) is 0.572. The van der Waals surface area contributed by atoms with Gasteiger partial charge in [0.15, 0.2) is 0 Å². The van der Waals surface area contributed by atoms with Gasteiger partial charge in [-0.05, 0) is 44.0 Å². The average Bonchev–Trinajstić information content (AvgIpc) is 2.89. The van der Waals surface area contributed by atoms with Crippen molar-refractivity contribution >= 4 is 5.97 Å². The monoisotopic (exact) mass is 292 g/mol. The standard InChI is InChI=1S/C16H21FN2O2/c17-13-5-4-11(16(20)21)9-12(13)10-18-14-6-8-19-7-2-1-3-15(14)19/h4-5,9,14-15,18H,1-3,6-8,10H2,(H,20,21). The van der Waals surface area contributed by atoms with Crippen LogP contribution in [-0.4, -0.2) is 41.1 Å². The highest BCUT2D eigenvalue weighted by Gasteiger charge is 2.35. The topological polar surface area (TPSA) is 52.6 Å². The number of carboxylic acids is 1. The zero-order valence-electron chi connectivity index (χ0n) is 12.0. The second-order valence-corrected chi connectivity index (χ2v) is 5.99. The molecule has 0 aliphatic carbocycles. The van der Waals surface area contributed by atoms with E-state index in [0.29, 0.717) is 24.2 Å². The van der Waals surface area contributed by atoms with Gasteiger partial charge in [0, 0.05) is 30.7 Å². The molecule has 0 aromatic heterocycles. The van der Waals surface area contributed by atoms with Crippen molar-refractivity contribution in [2.24, 2.45) is 0 Å². The summed E-state index contributed by atoms with van der Waals surface area (Å²) in [7, 11) is 0. The number of carbonyl (C=O) groups is 1. The van der Waals surface area contributed by atoms with Gasteiger partial charge in [-0.2, -0.15) is 0 Å². The lowest BCUT2D eigenvalue weighted by molar-refractivity contribution is 0.0696. The molecule has 2 heterocycles. The molecule has 2 aliphatic heterocycles. The van der Waals surface area contributed by atoms with E-state index in [1.54, 1.807) is 0 Å². The summed E-state index contributed by atoms with van der Waals surface area (Å²) in [6.07, 6.45) is 4.83. The molecule has 1 aromatic rings. The van der Waals surface area contributed by atoms with Crippen LogP contribution in [0.5, 0.6) is 0 Å². The van der Waals surface area contributed by atoms with Crippen molar-refractivity contribution in [3.8, 4) is 0 Å². The lowest BCUT2D eigenvalue weighted by Gasteiger charge is -2.32. The van der Waals surface area contributed by atoms with Gasteiger partial charge in [0.25, 0.3) is 0 Å². The molecule has 2 saturated heterocycles.